The summed E-state index contributed by atoms with van der Waals surface area (Å²) in [7, 11) is 5.12. The molecule has 0 unspecified atom stereocenters. The molecular weight excluding hydrogens is 254 g/mol. The van der Waals surface area contributed by atoms with E-state index in [0.717, 1.165) is 24.2 Å². The number of rotatable bonds is 7. The van der Waals surface area contributed by atoms with E-state index >= 15 is 0 Å². The highest BCUT2D eigenvalue weighted by molar-refractivity contribution is 6.16. The van der Waals surface area contributed by atoms with E-state index in [2.05, 4.69) is 6.92 Å². The van der Waals surface area contributed by atoms with Gasteiger partial charge in [-0.25, -0.2) is 4.79 Å². The number of esters is 1. The second-order valence-electron chi connectivity index (χ2n) is 4.72. The van der Waals surface area contributed by atoms with Crippen molar-refractivity contribution < 1.29 is 14.3 Å². The van der Waals surface area contributed by atoms with Crippen LogP contribution in [0.15, 0.2) is 30.5 Å². The zero-order chi connectivity index (χ0) is 15.0. The van der Waals surface area contributed by atoms with E-state index in [-0.39, 0.29) is 5.97 Å². The molecule has 0 aliphatic heterocycles. The molecule has 0 fully saturated rings. The van der Waals surface area contributed by atoms with Gasteiger partial charge < -0.3 is 14.4 Å². The van der Waals surface area contributed by atoms with Crippen molar-refractivity contribution in [2.75, 3.05) is 27.8 Å². The first-order valence-corrected chi connectivity index (χ1v) is 6.78. The number of nitrogens with zero attached hydrogens (tertiary/aromatic N) is 1. The molecule has 0 spiro atoms. The summed E-state index contributed by atoms with van der Waals surface area (Å²) in [6.07, 6.45) is 3.89. The van der Waals surface area contributed by atoms with Gasteiger partial charge in [0.15, 0.2) is 0 Å². The Morgan fingerprint density at radius 3 is 2.40 bits per heavy atom. The molecule has 4 nitrogen and oxygen atoms in total. The monoisotopic (exact) mass is 277 g/mol. The van der Waals surface area contributed by atoms with Crippen LogP contribution in [0.3, 0.4) is 0 Å². The van der Waals surface area contributed by atoms with Crippen LogP contribution in [-0.2, 0) is 9.53 Å². The minimum absolute atomic E-state index is 0.349. The maximum atomic E-state index is 11.8. The lowest BCUT2D eigenvalue weighted by Gasteiger charge is -2.11. The second kappa shape index (κ2) is 8.25. The average Bonchev–Trinajstić information content (AvgIpc) is 2.45. The van der Waals surface area contributed by atoms with Gasteiger partial charge in [-0.05, 0) is 24.1 Å². The van der Waals surface area contributed by atoms with Crippen molar-refractivity contribution in [3.05, 3.63) is 36.0 Å². The molecule has 0 heterocycles. The molecular formula is C16H23NO3. The third-order valence-electron chi connectivity index (χ3n) is 2.72. The molecule has 0 bridgehead atoms. The average molecular weight is 277 g/mol. The molecule has 0 aliphatic rings. The van der Waals surface area contributed by atoms with Gasteiger partial charge in [-0.15, -0.1) is 0 Å². The lowest BCUT2D eigenvalue weighted by molar-refractivity contribution is -0.133. The minimum atomic E-state index is -0.349. The van der Waals surface area contributed by atoms with Gasteiger partial charge in [-0.3, -0.25) is 0 Å². The van der Waals surface area contributed by atoms with Gasteiger partial charge in [-0.2, -0.15) is 0 Å². The first-order chi connectivity index (χ1) is 9.58. The van der Waals surface area contributed by atoms with E-state index in [4.69, 9.17) is 9.47 Å². The van der Waals surface area contributed by atoms with Crippen molar-refractivity contribution in [1.82, 2.24) is 4.90 Å². The minimum Gasteiger partial charge on any atom is -0.494 e. The fourth-order valence-electron chi connectivity index (χ4n) is 1.68. The smallest absolute Gasteiger partial charge is 0.339 e. The molecule has 0 radical (unpaired) electrons. The van der Waals surface area contributed by atoms with Crippen LogP contribution in [-0.4, -0.2) is 38.7 Å². The molecule has 20 heavy (non-hydrogen) atoms. The van der Waals surface area contributed by atoms with Crippen LogP contribution in [0.4, 0.5) is 0 Å². The lowest BCUT2D eigenvalue weighted by atomic mass is 10.1. The van der Waals surface area contributed by atoms with Crippen molar-refractivity contribution in [2.45, 2.75) is 19.8 Å². The summed E-state index contributed by atoms with van der Waals surface area (Å²) in [5, 5.41) is 0. The van der Waals surface area contributed by atoms with Crippen LogP contribution in [0.2, 0.25) is 0 Å². The van der Waals surface area contributed by atoms with Crippen LogP contribution < -0.4 is 4.74 Å². The van der Waals surface area contributed by atoms with E-state index in [9.17, 15) is 4.79 Å². The molecule has 0 aromatic heterocycles. The van der Waals surface area contributed by atoms with Crippen LogP contribution in [0.25, 0.3) is 5.57 Å². The maximum absolute atomic E-state index is 11.8. The van der Waals surface area contributed by atoms with Crippen LogP contribution in [0.1, 0.15) is 25.3 Å². The summed E-state index contributed by atoms with van der Waals surface area (Å²) >= 11 is 0. The summed E-state index contributed by atoms with van der Waals surface area (Å²) in [4.78, 5) is 13.6. The second-order valence-corrected chi connectivity index (χ2v) is 4.72. The number of hydrogen-bond donors (Lipinski definition) is 0. The summed E-state index contributed by atoms with van der Waals surface area (Å²) in [6, 6.07) is 7.48. The van der Waals surface area contributed by atoms with Gasteiger partial charge >= 0.3 is 5.97 Å². The van der Waals surface area contributed by atoms with E-state index < -0.39 is 0 Å². The molecule has 0 amide bonds. The Hall–Kier alpha value is -1.97. The van der Waals surface area contributed by atoms with Gasteiger partial charge in [0.25, 0.3) is 0 Å². The Labute approximate surface area is 121 Å². The van der Waals surface area contributed by atoms with Crippen molar-refractivity contribution in [2.24, 2.45) is 0 Å². The van der Waals surface area contributed by atoms with Crippen molar-refractivity contribution in [3.8, 4) is 5.75 Å². The van der Waals surface area contributed by atoms with E-state index in [1.807, 2.05) is 43.3 Å². The topological polar surface area (TPSA) is 38.8 Å². The molecule has 0 saturated carbocycles. The fourth-order valence-corrected chi connectivity index (χ4v) is 1.68. The predicted molar refractivity (Wildman–Crippen MR) is 80.5 cm³/mol. The largest absolute Gasteiger partial charge is 0.494 e. The summed E-state index contributed by atoms with van der Waals surface area (Å²) in [5.74, 6) is 0.467. The standard InChI is InChI=1S/C16H23NO3/c1-5-6-11-20-14-9-7-13(8-10-14)15(12-17(2)3)16(18)19-4/h7-10,12H,5-6,11H2,1-4H3/b15-12-. The quantitative estimate of drug-likeness (QED) is 0.436. The van der Waals surface area contributed by atoms with Gasteiger partial charge in [0.2, 0.25) is 0 Å². The van der Waals surface area contributed by atoms with E-state index in [0.29, 0.717) is 12.2 Å². The van der Waals surface area contributed by atoms with Gasteiger partial charge in [0, 0.05) is 20.3 Å². The molecule has 110 valence electrons. The Kier molecular flexibility index (Phi) is 6.64. The van der Waals surface area contributed by atoms with Crippen LogP contribution in [0, 0.1) is 0 Å². The molecule has 0 aliphatic carbocycles. The Balaban J connectivity index is 2.85. The Morgan fingerprint density at radius 1 is 1.25 bits per heavy atom. The molecule has 0 N–H and O–H groups in total. The zero-order valence-electron chi connectivity index (χ0n) is 12.7. The Morgan fingerprint density at radius 2 is 1.90 bits per heavy atom. The van der Waals surface area contributed by atoms with Gasteiger partial charge in [0.1, 0.15) is 5.75 Å². The zero-order valence-corrected chi connectivity index (χ0v) is 12.7. The molecule has 1 rings (SSSR count). The number of methoxy groups -OCH3 is 1. The van der Waals surface area contributed by atoms with E-state index in [1.165, 1.54) is 7.11 Å². The first-order valence-electron chi connectivity index (χ1n) is 6.78. The van der Waals surface area contributed by atoms with Crippen molar-refractivity contribution in [3.63, 3.8) is 0 Å². The van der Waals surface area contributed by atoms with Crippen LogP contribution in [0.5, 0.6) is 5.75 Å². The third kappa shape index (κ3) is 4.96. The van der Waals surface area contributed by atoms with Gasteiger partial charge in [-0.1, -0.05) is 25.5 Å². The van der Waals surface area contributed by atoms with Crippen LogP contribution >= 0.6 is 0 Å². The number of carbonyl (C=O) groups excluding carboxylic acids is 1. The molecule has 0 atom stereocenters. The maximum Gasteiger partial charge on any atom is 0.339 e. The first kappa shape index (κ1) is 16.1. The number of benzene rings is 1. The summed E-state index contributed by atoms with van der Waals surface area (Å²) in [6.45, 7) is 2.84. The highest BCUT2D eigenvalue weighted by Crippen LogP contribution is 2.20. The Bertz CT molecular complexity index is 449. The normalized spacial score (nSPS) is 11.1. The molecule has 1 aromatic rings. The fraction of sp³-hybridized carbons (Fsp3) is 0.438. The number of hydrogen-bond acceptors (Lipinski definition) is 4. The summed E-state index contributed by atoms with van der Waals surface area (Å²) < 4.78 is 10.4. The van der Waals surface area contributed by atoms with Crippen molar-refractivity contribution >= 4 is 11.5 Å². The molecule has 0 saturated heterocycles. The molecule has 1 aromatic carbocycles. The lowest BCUT2D eigenvalue weighted by Crippen LogP contribution is -2.10. The SMILES string of the molecule is CCCCOc1ccc(/C(=C/N(C)C)C(=O)OC)cc1. The van der Waals surface area contributed by atoms with Crippen molar-refractivity contribution in [1.29, 1.82) is 0 Å². The highest BCUT2D eigenvalue weighted by atomic mass is 16.5. The van der Waals surface area contributed by atoms with E-state index in [1.54, 1.807) is 6.20 Å². The number of unbranched alkanes of at least 4 members (excludes halogenated alkanes) is 1. The highest BCUT2D eigenvalue weighted by Gasteiger charge is 2.12. The molecule has 4 heteroatoms. The number of carbonyl (C=O) groups is 1. The third-order valence-corrected chi connectivity index (χ3v) is 2.72. The summed E-state index contributed by atoms with van der Waals surface area (Å²) in [5.41, 5.74) is 1.34. The number of ether oxygens (including phenoxy) is 2. The van der Waals surface area contributed by atoms with Gasteiger partial charge in [0.05, 0.1) is 19.3 Å². The predicted octanol–water partition coefficient (Wildman–Crippen LogP) is 2.94.